The van der Waals surface area contributed by atoms with Gasteiger partial charge in [0.2, 0.25) is 0 Å². The monoisotopic (exact) mass is 313 g/mol. The fourth-order valence-electron chi connectivity index (χ4n) is 1.92. The van der Waals surface area contributed by atoms with Crippen LogP contribution in [0.5, 0.6) is 0 Å². The molecular formula is C15H24ClN3O2. The first-order chi connectivity index (χ1) is 9.78. The van der Waals surface area contributed by atoms with E-state index in [0.29, 0.717) is 22.9 Å². The van der Waals surface area contributed by atoms with Crippen molar-refractivity contribution in [1.82, 2.24) is 9.88 Å². The SMILES string of the molecule is CCCNc1cc(C(=O)N(CC)CC(C)(C)O)c(Cl)cn1. The first-order valence-electron chi connectivity index (χ1n) is 7.19. The highest BCUT2D eigenvalue weighted by molar-refractivity contribution is 6.33. The number of nitrogens with one attached hydrogen (secondary N) is 1. The standard InChI is InChI=1S/C15H24ClN3O2/c1-5-7-17-13-8-11(12(16)9-18-13)14(20)19(6-2)10-15(3,4)21/h8-9,21H,5-7,10H2,1-4H3,(H,17,18). The third kappa shape index (κ3) is 5.52. The topological polar surface area (TPSA) is 65.5 Å². The van der Waals surface area contributed by atoms with Crippen molar-refractivity contribution in [3.63, 3.8) is 0 Å². The minimum atomic E-state index is -0.950. The molecule has 6 heteroatoms. The first-order valence-corrected chi connectivity index (χ1v) is 7.57. The maximum atomic E-state index is 12.6. The van der Waals surface area contributed by atoms with Crippen LogP contribution >= 0.6 is 11.6 Å². The highest BCUT2D eigenvalue weighted by Gasteiger charge is 2.24. The lowest BCUT2D eigenvalue weighted by Crippen LogP contribution is -2.42. The van der Waals surface area contributed by atoms with Gasteiger partial charge >= 0.3 is 0 Å². The smallest absolute Gasteiger partial charge is 0.255 e. The number of hydrogen-bond acceptors (Lipinski definition) is 4. The van der Waals surface area contributed by atoms with Crippen LogP contribution in [0.25, 0.3) is 0 Å². The lowest BCUT2D eigenvalue weighted by molar-refractivity contribution is 0.0315. The highest BCUT2D eigenvalue weighted by atomic mass is 35.5. The molecular weight excluding hydrogens is 290 g/mol. The highest BCUT2D eigenvalue weighted by Crippen LogP contribution is 2.21. The molecule has 0 bridgehead atoms. The molecule has 1 rings (SSSR count). The van der Waals surface area contributed by atoms with E-state index >= 15 is 0 Å². The van der Waals surface area contributed by atoms with Crippen LogP contribution in [-0.4, -0.2) is 46.1 Å². The minimum Gasteiger partial charge on any atom is -0.389 e. The zero-order valence-corrected chi connectivity index (χ0v) is 13.9. The molecule has 0 aliphatic heterocycles. The van der Waals surface area contributed by atoms with E-state index in [2.05, 4.69) is 17.2 Å². The van der Waals surface area contributed by atoms with E-state index in [4.69, 9.17) is 11.6 Å². The van der Waals surface area contributed by atoms with Crippen LogP contribution in [0.4, 0.5) is 5.82 Å². The van der Waals surface area contributed by atoms with Crippen LogP contribution in [0.2, 0.25) is 5.02 Å². The van der Waals surface area contributed by atoms with Crippen molar-refractivity contribution in [2.24, 2.45) is 0 Å². The Hall–Kier alpha value is -1.33. The molecule has 2 N–H and O–H groups in total. The molecule has 1 heterocycles. The molecule has 1 aromatic heterocycles. The van der Waals surface area contributed by atoms with Gasteiger partial charge in [0.1, 0.15) is 5.82 Å². The van der Waals surface area contributed by atoms with Crippen molar-refractivity contribution in [1.29, 1.82) is 0 Å². The zero-order chi connectivity index (χ0) is 16.0. The molecule has 0 atom stereocenters. The minimum absolute atomic E-state index is 0.202. The van der Waals surface area contributed by atoms with Gasteiger partial charge in [0.05, 0.1) is 16.2 Å². The van der Waals surface area contributed by atoms with Crippen LogP contribution in [-0.2, 0) is 0 Å². The largest absolute Gasteiger partial charge is 0.389 e. The lowest BCUT2D eigenvalue weighted by Gasteiger charge is -2.28. The number of halogens is 1. The molecule has 1 amide bonds. The summed E-state index contributed by atoms with van der Waals surface area (Å²) in [5, 5.41) is 13.4. The lowest BCUT2D eigenvalue weighted by atomic mass is 10.1. The second kappa shape index (κ2) is 7.61. The van der Waals surface area contributed by atoms with Crippen molar-refractivity contribution in [3.05, 3.63) is 22.8 Å². The second-order valence-corrected chi connectivity index (χ2v) is 6.02. The van der Waals surface area contributed by atoms with Gasteiger partial charge in [-0.15, -0.1) is 0 Å². The molecule has 0 aromatic carbocycles. The number of rotatable bonds is 7. The molecule has 0 aliphatic rings. The van der Waals surface area contributed by atoms with Crippen molar-refractivity contribution in [3.8, 4) is 0 Å². The number of carbonyl (C=O) groups is 1. The summed E-state index contributed by atoms with van der Waals surface area (Å²) in [7, 11) is 0. The van der Waals surface area contributed by atoms with Crippen molar-refractivity contribution in [2.45, 2.75) is 39.7 Å². The van der Waals surface area contributed by atoms with Gasteiger partial charge in [-0.05, 0) is 33.3 Å². The molecule has 0 aliphatic carbocycles. The maximum absolute atomic E-state index is 12.6. The molecule has 0 saturated carbocycles. The number of anilines is 1. The van der Waals surface area contributed by atoms with Gasteiger partial charge in [0.25, 0.3) is 5.91 Å². The van der Waals surface area contributed by atoms with Crippen molar-refractivity contribution < 1.29 is 9.90 Å². The van der Waals surface area contributed by atoms with E-state index in [0.717, 1.165) is 13.0 Å². The fraction of sp³-hybridized carbons (Fsp3) is 0.600. The Morgan fingerprint density at radius 1 is 1.48 bits per heavy atom. The maximum Gasteiger partial charge on any atom is 0.255 e. The molecule has 21 heavy (non-hydrogen) atoms. The first kappa shape index (κ1) is 17.7. The van der Waals surface area contributed by atoms with Gasteiger partial charge in [-0.3, -0.25) is 4.79 Å². The summed E-state index contributed by atoms with van der Waals surface area (Å²) in [5.74, 6) is 0.426. The number of pyridine rings is 1. The van der Waals surface area contributed by atoms with Crippen LogP contribution in [0.1, 0.15) is 44.5 Å². The molecule has 5 nitrogen and oxygen atoms in total. The molecule has 1 aromatic rings. The van der Waals surface area contributed by atoms with E-state index in [-0.39, 0.29) is 12.5 Å². The van der Waals surface area contributed by atoms with Gasteiger partial charge in [-0.2, -0.15) is 0 Å². The third-order valence-electron chi connectivity index (χ3n) is 2.89. The average molecular weight is 314 g/mol. The summed E-state index contributed by atoms with van der Waals surface area (Å²) in [5.41, 5.74) is -0.551. The number of aromatic nitrogens is 1. The Morgan fingerprint density at radius 2 is 2.14 bits per heavy atom. The third-order valence-corrected chi connectivity index (χ3v) is 3.19. The quantitative estimate of drug-likeness (QED) is 0.812. The summed E-state index contributed by atoms with van der Waals surface area (Å²) < 4.78 is 0. The van der Waals surface area contributed by atoms with E-state index in [1.807, 2.05) is 6.92 Å². The number of aliphatic hydroxyl groups is 1. The number of carbonyl (C=O) groups excluding carboxylic acids is 1. The Balaban J connectivity index is 2.98. The van der Waals surface area contributed by atoms with Crippen molar-refractivity contribution >= 4 is 23.3 Å². The Labute approximate surface area is 131 Å². The molecule has 0 fully saturated rings. The van der Waals surface area contributed by atoms with Gasteiger partial charge < -0.3 is 15.3 Å². The normalized spacial score (nSPS) is 11.3. The van der Waals surface area contributed by atoms with Crippen LogP contribution in [0.15, 0.2) is 12.3 Å². The second-order valence-electron chi connectivity index (χ2n) is 5.61. The van der Waals surface area contributed by atoms with E-state index in [1.54, 1.807) is 24.8 Å². The van der Waals surface area contributed by atoms with Crippen LogP contribution in [0, 0.1) is 0 Å². The summed E-state index contributed by atoms with van der Waals surface area (Å²) in [4.78, 5) is 18.3. The summed E-state index contributed by atoms with van der Waals surface area (Å²) in [6.45, 7) is 8.80. The summed E-state index contributed by atoms with van der Waals surface area (Å²) >= 11 is 6.10. The van der Waals surface area contributed by atoms with Gasteiger partial charge in [0.15, 0.2) is 0 Å². The van der Waals surface area contributed by atoms with Gasteiger partial charge in [-0.1, -0.05) is 18.5 Å². The molecule has 118 valence electrons. The Bertz CT molecular complexity index is 486. The number of nitrogens with zero attached hydrogens (tertiary/aromatic N) is 2. The number of hydrogen-bond donors (Lipinski definition) is 2. The van der Waals surface area contributed by atoms with E-state index < -0.39 is 5.60 Å². The van der Waals surface area contributed by atoms with E-state index in [9.17, 15) is 9.90 Å². The van der Waals surface area contributed by atoms with Crippen LogP contribution in [0.3, 0.4) is 0 Å². The average Bonchev–Trinajstić information content (AvgIpc) is 2.42. The van der Waals surface area contributed by atoms with Crippen molar-refractivity contribution in [2.75, 3.05) is 25.0 Å². The fourth-order valence-corrected chi connectivity index (χ4v) is 2.10. The molecule has 0 spiro atoms. The zero-order valence-electron chi connectivity index (χ0n) is 13.1. The molecule has 0 unspecified atom stereocenters. The number of likely N-dealkylation sites (N-methyl/N-ethyl adjacent to an activating group) is 1. The predicted molar refractivity (Wildman–Crippen MR) is 85.9 cm³/mol. The van der Waals surface area contributed by atoms with Gasteiger partial charge in [0, 0.05) is 25.8 Å². The summed E-state index contributed by atoms with van der Waals surface area (Å²) in [6.07, 6.45) is 2.44. The van der Waals surface area contributed by atoms with E-state index in [1.165, 1.54) is 6.20 Å². The Kier molecular flexibility index (Phi) is 6.42. The predicted octanol–water partition coefficient (Wildman–Crippen LogP) is 2.79. The number of amides is 1. The Morgan fingerprint density at radius 3 is 2.67 bits per heavy atom. The molecule has 0 saturated heterocycles. The van der Waals surface area contributed by atoms with Crippen LogP contribution < -0.4 is 5.32 Å². The van der Waals surface area contributed by atoms with Gasteiger partial charge in [-0.25, -0.2) is 4.98 Å². The summed E-state index contributed by atoms with van der Waals surface area (Å²) in [6, 6.07) is 1.66. The molecule has 0 radical (unpaired) electrons.